The van der Waals surface area contributed by atoms with Crippen molar-refractivity contribution < 1.29 is 14.3 Å². The summed E-state index contributed by atoms with van der Waals surface area (Å²) in [5.41, 5.74) is -0.126. The zero-order valence-electron chi connectivity index (χ0n) is 13.0. The Bertz CT molecular complexity index is 385. The van der Waals surface area contributed by atoms with Crippen LogP contribution < -0.4 is 0 Å². The van der Waals surface area contributed by atoms with E-state index in [-0.39, 0.29) is 36.0 Å². The molecule has 0 bridgehead atoms. The van der Waals surface area contributed by atoms with Crippen molar-refractivity contribution in [2.45, 2.75) is 51.7 Å². The van der Waals surface area contributed by atoms with Crippen molar-refractivity contribution >= 4 is 11.8 Å². The van der Waals surface area contributed by atoms with Crippen LogP contribution in [0.1, 0.15) is 40.0 Å². The summed E-state index contributed by atoms with van der Waals surface area (Å²) in [4.78, 5) is 27.2. The van der Waals surface area contributed by atoms with E-state index in [4.69, 9.17) is 4.74 Å². The lowest BCUT2D eigenvalue weighted by atomic mass is 10.0. The van der Waals surface area contributed by atoms with Crippen LogP contribution in [0.15, 0.2) is 0 Å². The highest BCUT2D eigenvalue weighted by Gasteiger charge is 2.37. The molecule has 0 aromatic rings. The summed E-state index contributed by atoms with van der Waals surface area (Å²) in [5.74, 6) is 0.306. The van der Waals surface area contributed by atoms with Crippen LogP contribution >= 0.6 is 0 Å². The Hall–Kier alpha value is -1.10. The molecule has 2 aliphatic rings. The largest absolute Gasteiger partial charge is 0.369 e. The van der Waals surface area contributed by atoms with Crippen molar-refractivity contribution in [2.24, 2.45) is 5.92 Å². The molecule has 5 nitrogen and oxygen atoms in total. The second-order valence-electron chi connectivity index (χ2n) is 6.62. The molecule has 1 heterocycles. The van der Waals surface area contributed by atoms with Gasteiger partial charge in [-0.05, 0) is 33.1 Å². The van der Waals surface area contributed by atoms with Gasteiger partial charge in [-0.25, -0.2) is 0 Å². The maximum absolute atomic E-state index is 12.0. The van der Waals surface area contributed by atoms with E-state index < -0.39 is 0 Å². The van der Waals surface area contributed by atoms with Crippen molar-refractivity contribution in [2.75, 3.05) is 26.7 Å². The summed E-state index contributed by atoms with van der Waals surface area (Å²) in [6.07, 6.45) is 3.04. The van der Waals surface area contributed by atoms with E-state index in [1.165, 1.54) is 0 Å². The van der Waals surface area contributed by atoms with Gasteiger partial charge in [0.15, 0.2) is 0 Å². The van der Waals surface area contributed by atoms with Gasteiger partial charge >= 0.3 is 0 Å². The fourth-order valence-corrected chi connectivity index (χ4v) is 2.27. The van der Waals surface area contributed by atoms with Gasteiger partial charge in [0.05, 0.1) is 18.2 Å². The minimum absolute atomic E-state index is 0.0238. The molecule has 1 aliphatic carbocycles. The van der Waals surface area contributed by atoms with E-state index in [9.17, 15) is 9.59 Å². The third kappa shape index (κ3) is 3.72. The fourth-order valence-electron chi connectivity index (χ4n) is 2.27. The molecule has 20 heavy (non-hydrogen) atoms. The first-order valence-corrected chi connectivity index (χ1v) is 7.53. The Morgan fingerprint density at radius 1 is 1.30 bits per heavy atom. The van der Waals surface area contributed by atoms with E-state index in [1.807, 2.05) is 0 Å². The molecule has 0 N–H and O–H groups in total. The summed E-state index contributed by atoms with van der Waals surface area (Å²) in [6.45, 7) is 7.72. The average Bonchev–Trinajstić information content (AvgIpc) is 3.16. The SMILES string of the molecule is CCC(C)(C)OC1CN(C(=O)CN(C)C(=O)C2CC2)C1. The average molecular weight is 282 g/mol. The number of hydrogen-bond acceptors (Lipinski definition) is 3. The van der Waals surface area contributed by atoms with Crippen LogP contribution in [0.4, 0.5) is 0 Å². The molecule has 0 atom stereocenters. The number of hydrogen-bond donors (Lipinski definition) is 0. The predicted octanol–water partition coefficient (Wildman–Crippen LogP) is 1.27. The minimum Gasteiger partial charge on any atom is -0.369 e. The minimum atomic E-state index is -0.126. The number of likely N-dealkylation sites (N-methyl/N-ethyl adjacent to an activating group) is 1. The lowest BCUT2D eigenvalue weighted by Gasteiger charge is -2.43. The van der Waals surface area contributed by atoms with E-state index in [0.29, 0.717) is 13.1 Å². The Morgan fingerprint density at radius 2 is 1.90 bits per heavy atom. The molecular weight excluding hydrogens is 256 g/mol. The molecule has 1 saturated heterocycles. The zero-order valence-corrected chi connectivity index (χ0v) is 13.0. The Kier molecular flexibility index (Phi) is 4.37. The molecule has 0 radical (unpaired) electrons. The van der Waals surface area contributed by atoms with E-state index in [0.717, 1.165) is 19.3 Å². The van der Waals surface area contributed by atoms with Gasteiger partial charge in [0.1, 0.15) is 0 Å². The first-order chi connectivity index (χ1) is 9.32. The maximum atomic E-state index is 12.0. The van der Waals surface area contributed by atoms with Gasteiger partial charge < -0.3 is 14.5 Å². The number of carbonyl (C=O) groups is 2. The number of ether oxygens (including phenoxy) is 1. The van der Waals surface area contributed by atoms with Gasteiger partial charge in [-0.3, -0.25) is 9.59 Å². The predicted molar refractivity (Wildman–Crippen MR) is 76.2 cm³/mol. The molecule has 0 spiro atoms. The van der Waals surface area contributed by atoms with Crippen LogP contribution in [0, 0.1) is 5.92 Å². The molecule has 5 heteroatoms. The van der Waals surface area contributed by atoms with Crippen molar-refractivity contribution in [3.63, 3.8) is 0 Å². The molecule has 0 aromatic carbocycles. The topological polar surface area (TPSA) is 49.9 Å². The van der Waals surface area contributed by atoms with Gasteiger partial charge in [0.25, 0.3) is 0 Å². The van der Waals surface area contributed by atoms with Crippen molar-refractivity contribution in [1.29, 1.82) is 0 Å². The maximum Gasteiger partial charge on any atom is 0.242 e. The van der Waals surface area contributed by atoms with Gasteiger partial charge in [0, 0.05) is 26.1 Å². The summed E-state index contributed by atoms with van der Waals surface area (Å²) in [6, 6.07) is 0. The number of likely N-dealkylation sites (tertiary alicyclic amines) is 1. The molecule has 1 aliphatic heterocycles. The highest BCUT2D eigenvalue weighted by Crippen LogP contribution is 2.30. The van der Waals surface area contributed by atoms with Crippen molar-refractivity contribution in [3.05, 3.63) is 0 Å². The summed E-state index contributed by atoms with van der Waals surface area (Å²) in [5, 5.41) is 0. The molecule has 1 saturated carbocycles. The third-order valence-corrected chi connectivity index (χ3v) is 4.21. The number of carbonyl (C=O) groups excluding carboxylic acids is 2. The molecule has 2 amide bonds. The van der Waals surface area contributed by atoms with Crippen molar-refractivity contribution in [1.82, 2.24) is 9.80 Å². The van der Waals surface area contributed by atoms with Gasteiger partial charge in [-0.1, -0.05) is 6.92 Å². The van der Waals surface area contributed by atoms with Gasteiger partial charge in [-0.2, -0.15) is 0 Å². The fraction of sp³-hybridized carbons (Fsp3) is 0.867. The molecule has 0 unspecified atom stereocenters. The van der Waals surface area contributed by atoms with Crippen LogP contribution in [-0.2, 0) is 14.3 Å². The van der Waals surface area contributed by atoms with E-state index in [2.05, 4.69) is 20.8 Å². The monoisotopic (exact) mass is 282 g/mol. The quantitative estimate of drug-likeness (QED) is 0.737. The second kappa shape index (κ2) is 5.72. The molecule has 2 rings (SSSR count). The molecule has 0 aromatic heterocycles. The molecule has 114 valence electrons. The Morgan fingerprint density at radius 3 is 2.40 bits per heavy atom. The lowest BCUT2D eigenvalue weighted by Crippen LogP contribution is -2.58. The highest BCUT2D eigenvalue weighted by molar-refractivity contribution is 5.87. The number of nitrogens with zero attached hydrogens (tertiary/aromatic N) is 2. The zero-order chi connectivity index (χ0) is 14.9. The van der Waals surface area contributed by atoms with Gasteiger partial charge in [-0.15, -0.1) is 0 Å². The van der Waals surface area contributed by atoms with Crippen LogP contribution in [0.3, 0.4) is 0 Å². The standard InChI is InChI=1S/C15H26N2O3/c1-5-15(2,3)20-12-8-17(9-12)13(18)10-16(4)14(19)11-6-7-11/h11-12H,5-10H2,1-4H3. The van der Waals surface area contributed by atoms with Crippen LogP contribution in [-0.4, -0.2) is 60.0 Å². The smallest absolute Gasteiger partial charge is 0.242 e. The first-order valence-electron chi connectivity index (χ1n) is 7.53. The molecular formula is C15H26N2O3. The first kappa shape index (κ1) is 15.3. The Balaban J connectivity index is 1.69. The van der Waals surface area contributed by atoms with Crippen LogP contribution in [0.5, 0.6) is 0 Å². The lowest BCUT2D eigenvalue weighted by molar-refractivity contribution is -0.162. The second-order valence-corrected chi connectivity index (χ2v) is 6.62. The molecule has 2 fully saturated rings. The normalized spacial score (nSPS) is 19.7. The number of amides is 2. The van der Waals surface area contributed by atoms with Crippen LogP contribution in [0.2, 0.25) is 0 Å². The van der Waals surface area contributed by atoms with E-state index >= 15 is 0 Å². The van der Waals surface area contributed by atoms with Gasteiger partial charge in [0.2, 0.25) is 11.8 Å². The summed E-state index contributed by atoms with van der Waals surface area (Å²) >= 11 is 0. The third-order valence-electron chi connectivity index (χ3n) is 4.21. The Labute approximate surface area is 121 Å². The van der Waals surface area contributed by atoms with Crippen molar-refractivity contribution in [3.8, 4) is 0 Å². The summed E-state index contributed by atoms with van der Waals surface area (Å²) in [7, 11) is 1.71. The highest BCUT2D eigenvalue weighted by atomic mass is 16.5. The van der Waals surface area contributed by atoms with E-state index in [1.54, 1.807) is 16.8 Å². The van der Waals surface area contributed by atoms with Crippen LogP contribution in [0.25, 0.3) is 0 Å². The summed E-state index contributed by atoms with van der Waals surface area (Å²) < 4.78 is 5.93. The number of rotatable bonds is 6.